The summed E-state index contributed by atoms with van der Waals surface area (Å²) in [5, 5.41) is 3.68. The smallest absolute Gasteiger partial charge is 0.0391 e. The van der Waals surface area contributed by atoms with Gasteiger partial charge in [-0.2, -0.15) is 0 Å². The van der Waals surface area contributed by atoms with Crippen LogP contribution in [0.15, 0.2) is 36.4 Å². The highest BCUT2D eigenvalue weighted by molar-refractivity contribution is 7.12. The van der Waals surface area contributed by atoms with E-state index >= 15 is 0 Å². The first-order valence-electron chi connectivity index (χ1n) is 7.01. The van der Waals surface area contributed by atoms with Gasteiger partial charge in [-0.3, -0.25) is 0 Å². The molecule has 2 rings (SSSR count). The largest absolute Gasteiger partial charge is 0.303 e. The number of thiophene rings is 1. The lowest BCUT2D eigenvalue weighted by atomic mass is 10.1. The molecule has 1 aromatic carbocycles. The summed E-state index contributed by atoms with van der Waals surface area (Å²) >= 11 is 1.92. The molecule has 0 aliphatic heterocycles. The van der Waals surface area contributed by atoms with Crippen LogP contribution in [-0.2, 0) is 6.42 Å². The molecule has 2 atom stereocenters. The number of hydrogen-bond acceptors (Lipinski definition) is 2. The van der Waals surface area contributed by atoms with Crippen molar-refractivity contribution in [2.24, 2.45) is 0 Å². The number of benzene rings is 1. The van der Waals surface area contributed by atoms with Crippen molar-refractivity contribution in [2.45, 2.75) is 46.2 Å². The fourth-order valence-corrected chi connectivity index (χ4v) is 3.19. The molecule has 2 heteroatoms. The van der Waals surface area contributed by atoms with Crippen molar-refractivity contribution >= 4 is 11.3 Å². The average molecular weight is 273 g/mol. The molecule has 0 saturated heterocycles. The molecule has 102 valence electrons. The molecule has 0 radical (unpaired) electrons. The van der Waals surface area contributed by atoms with Crippen LogP contribution in [0.5, 0.6) is 0 Å². The molecule has 0 saturated carbocycles. The normalized spacial score (nSPS) is 14.3. The minimum Gasteiger partial charge on any atom is -0.303 e. The molecular formula is C17H23NS. The molecule has 0 fully saturated rings. The lowest BCUT2D eigenvalue weighted by molar-refractivity contribution is 0.500. The Kier molecular flexibility index (Phi) is 4.78. The van der Waals surface area contributed by atoms with Crippen LogP contribution in [0.1, 0.15) is 53.7 Å². The Bertz CT molecular complexity index is 512. The van der Waals surface area contributed by atoms with E-state index in [1.54, 1.807) is 0 Å². The van der Waals surface area contributed by atoms with Gasteiger partial charge in [0.05, 0.1) is 0 Å². The molecule has 0 spiro atoms. The predicted molar refractivity (Wildman–Crippen MR) is 84.8 cm³/mol. The van der Waals surface area contributed by atoms with E-state index in [-0.39, 0.29) is 0 Å². The van der Waals surface area contributed by atoms with Crippen LogP contribution < -0.4 is 5.32 Å². The summed E-state index contributed by atoms with van der Waals surface area (Å²) in [6, 6.07) is 14.1. The highest BCUT2D eigenvalue weighted by Gasteiger charge is 2.12. The molecule has 1 heterocycles. The third-order valence-electron chi connectivity index (χ3n) is 3.54. The lowest BCUT2D eigenvalue weighted by Gasteiger charge is -2.19. The Morgan fingerprint density at radius 2 is 1.68 bits per heavy atom. The standard InChI is InChI=1S/C17H23NS/c1-5-16-10-11-17(19-16)14(4)18-13(3)15-8-6-12(2)7-9-15/h6-11,13-14,18H,5H2,1-4H3/t13-,14?/m0/s1. The van der Waals surface area contributed by atoms with Crippen molar-refractivity contribution < 1.29 is 0 Å². The van der Waals surface area contributed by atoms with Crippen molar-refractivity contribution in [3.05, 3.63) is 57.3 Å². The van der Waals surface area contributed by atoms with Crippen molar-refractivity contribution in [2.75, 3.05) is 0 Å². The van der Waals surface area contributed by atoms with Gasteiger partial charge >= 0.3 is 0 Å². The van der Waals surface area contributed by atoms with E-state index in [1.807, 2.05) is 11.3 Å². The van der Waals surface area contributed by atoms with Crippen molar-refractivity contribution in [1.82, 2.24) is 5.32 Å². The Balaban J connectivity index is 2.01. The fourth-order valence-electron chi connectivity index (χ4n) is 2.23. The van der Waals surface area contributed by atoms with Gasteiger partial charge in [0.2, 0.25) is 0 Å². The number of hydrogen-bond donors (Lipinski definition) is 1. The van der Waals surface area contributed by atoms with Gasteiger partial charge in [0.25, 0.3) is 0 Å². The van der Waals surface area contributed by atoms with Crippen LogP contribution in [0.25, 0.3) is 0 Å². The summed E-state index contributed by atoms with van der Waals surface area (Å²) in [6.07, 6.45) is 1.13. The molecule has 0 aliphatic carbocycles. The maximum atomic E-state index is 3.68. The Hall–Kier alpha value is -1.12. The molecule has 0 amide bonds. The first-order valence-corrected chi connectivity index (χ1v) is 7.83. The quantitative estimate of drug-likeness (QED) is 0.805. The van der Waals surface area contributed by atoms with E-state index in [1.165, 1.54) is 20.9 Å². The third-order valence-corrected chi connectivity index (χ3v) is 4.95. The van der Waals surface area contributed by atoms with Crippen LogP contribution >= 0.6 is 11.3 Å². The topological polar surface area (TPSA) is 12.0 Å². The van der Waals surface area contributed by atoms with Crippen LogP contribution in [0.2, 0.25) is 0 Å². The van der Waals surface area contributed by atoms with Gasteiger partial charge in [0.15, 0.2) is 0 Å². The van der Waals surface area contributed by atoms with Crippen LogP contribution in [0, 0.1) is 6.92 Å². The van der Waals surface area contributed by atoms with Gasteiger partial charge in [-0.25, -0.2) is 0 Å². The van der Waals surface area contributed by atoms with Crippen LogP contribution in [0.3, 0.4) is 0 Å². The number of aryl methyl sites for hydroxylation is 2. The molecule has 1 N–H and O–H groups in total. The maximum absolute atomic E-state index is 3.68. The first-order chi connectivity index (χ1) is 9.10. The predicted octanol–water partition coefficient (Wildman–Crippen LogP) is 5.03. The summed E-state index contributed by atoms with van der Waals surface area (Å²) in [4.78, 5) is 2.89. The van der Waals surface area contributed by atoms with Crippen molar-refractivity contribution in [1.29, 1.82) is 0 Å². The molecule has 2 aromatic rings. The van der Waals surface area contributed by atoms with E-state index in [9.17, 15) is 0 Å². The minimum atomic E-state index is 0.378. The van der Waals surface area contributed by atoms with Gasteiger partial charge < -0.3 is 5.32 Å². The highest BCUT2D eigenvalue weighted by Crippen LogP contribution is 2.26. The second kappa shape index (κ2) is 6.36. The molecule has 0 aliphatic rings. The maximum Gasteiger partial charge on any atom is 0.0391 e. The lowest BCUT2D eigenvalue weighted by Crippen LogP contribution is -2.21. The fraction of sp³-hybridized carbons (Fsp3) is 0.412. The third kappa shape index (κ3) is 3.68. The van der Waals surface area contributed by atoms with E-state index in [2.05, 4.69) is 69.4 Å². The highest BCUT2D eigenvalue weighted by atomic mass is 32.1. The summed E-state index contributed by atoms with van der Waals surface area (Å²) in [7, 11) is 0. The molecular weight excluding hydrogens is 250 g/mol. The molecule has 19 heavy (non-hydrogen) atoms. The van der Waals surface area contributed by atoms with Gasteiger partial charge in [-0.15, -0.1) is 11.3 Å². The van der Waals surface area contributed by atoms with Crippen LogP contribution in [-0.4, -0.2) is 0 Å². The monoisotopic (exact) mass is 273 g/mol. The molecule has 1 unspecified atom stereocenters. The molecule has 1 aromatic heterocycles. The minimum absolute atomic E-state index is 0.378. The second-order valence-electron chi connectivity index (χ2n) is 5.18. The average Bonchev–Trinajstić information content (AvgIpc) is 2.88. The Morgan fingerprint density at radius 3 is 2.26 bits per heavy atom. The first kappa shape index (κ1) is 14.3. The summed E-state index contributed by atoms with van der Waals surface area (Å²) in [6.45, 7) is 8.82. The van der Waals surface area contributed by atoms with Gasteiger partial charge in [0, 0.05) is 21.8 Å². The second-order valence-corrected chi connectivity index (χ2v) is 6.38. The zero-order valence-electron chi connectivity index (χ0n) is 12.2. The summed E-state index contributed by atoms with van der Waals surface area (Å²) in [5.74, 6) is 0. The van der Waals surface area contributed by atoms with Crippen molar-refractivity contribution in [3.8, 4) is 0 Å². The number of nitrogens with one attached hydrogen (secondary N) is 1. The summed E-state index contributed by atoms with van der Waals surface area (Å²) < 4.78 is 0. The van der Waals surface area contributed by atoms with E-state index < -0.39 is 0 Å². The molecule has 0 bridgehead atoms. The van der Waals surface area contributed by atoms with E-state index in [4.69, 9.17) is 0 Å². The van der Waals surface area contributed by atoms with Gasteiger partial charge in [0.1, 0.15) is 0 Å². The van der Waals surface area contributed by atoms with Crippen molar-refractivity contribution in [3.63, 3.8) is 0 Å². The number of rotatable bonds is 5. The molecule has 1 nitrogen and oxygen atoms in total. The van der Waals surface area contributed by atoms with Gasteiger partial charge in [-0.1, -0.05) is 36.8 Å². The summed E-state index contributed by atoms with van der Waals surface area (Å²) in [5.41, 5.74) is 2.67. The van der Waals surface area contributed by atoms with E-state index in [0.717, 1.165) is 6.42 Å². The zero-order valence-corrected chi connectivity index (χ0v) is 13.1. The zero-order chi connectivity index (χ0) is 13.8. The van der Waals surface area contributed by atoms with Gasteiger partial charge in [-0.05, 0) is 44.9 Å². The Labute approximate surface area is 120 Å². The Morgan fingerprint density at radius 1 is 1.00 bits per heavy atom. The SMILES string of the molecule is CCc1ccc(C(C)N[C@@H](C)c2ccc(C)cc2)s1. The van der Waals surface area contributed by atoms with E-state index in [0.29, 0.717) is 12.1 Å². The van der Waals surface area contributed by atoms with Crippen LogP contribution in [0.4, 0.5) is 0 Å².